The predicted octanol–water partition coefficient (Wildman–Crippen LogP) is 3.13. The molecule has 2 N–H and O–H groups in total. The molecule has 0 radical (unpaired) electrons. The first-order valence-electron chi connectivity index (χ1n) is 8.99. The Morgan fingerprint density at radius 3 is 2.39 bits per heavy atom. The summed E-state index contributed by atoms with van der Waals surface area (Å²) in [7, 11) is -2.17. The largest absolute Gasteiger partial charge is 0.339 e. The molecule has 0 aliphatic rings. The van der Waals surface area contributed by atoms with Crippen LogP contribution in [0, 0.1) is 13.8 Å². The van der Waals surface area contributed by atoms with Crippen molar-refractivity contribution in [2.45, 2.75) is 44.6 Å². The minimum atomic E-state index is -3.81. The van der Waals surface area contributed by atoms with Crippen molar-refractivity contribution in [1.82, 2.24) is 4.90 Å². The monoisotopic (exact) mass is 402 g/mol. The molecule has 0 saturated carbocycles. The van der Waals surface area contributed by atoms with Crippen LogP contribution in [-0.4, -0.2) is 32.1 Å². The second kappa shape index (κ2) is 8.67. The number of amides is 1. The molecule has 0 heterocycles. The summed E-state index contributed by atoms with van der Waals surface area (Å²) in [5, 5.41) is 5.17. The van der Waals surface area contributed by atoms with Gasteiger partial charge in [-0.25, -0.2) is 13.6 Å². The van der Waals surface area contributed by atoms with Gasteiger partial charge in [-0.3, -0.25) is 9.59 Å². The van der Waals surface area contributed by atoms with E-state index in [0.717, 1.165) is 11.1 Å². The molecule has 2 aromatic carbocycles. The van der Waals surface area contributed by atoms with Crippen LogP contribution < -0.4 is 5.14 Å². The van der Waals surface area contributed by atoms with Crippen LogP contribution >= 0.6 is 0 Å². The minimum Gasteiger partial charge on any atom is -0.339 e. The number of hydrogen-bond acceptors (Lipinski definition) is 4. The van der Waals surface area contributed by atoms with Gasteiger partial charge in [-0.2, -0.15) is 0 Å². The molecule has 0 fully saturated rings. The highest BCUT2D eigenvalue weighted by atomic mass is 32.2. The first-order valence-corrected chi connectivity index (χ1v) is 10.5. The Kier molecular flexibility index (Phi) is 6.74. The van der Waals surface area contributed by atoms with E-state index in [1.54, 1.807) is 26.1 Å². The van der Waals surface area contributed by atoms with Crippen LogP contribution in [0.1, 0.15) is 52.9 Å². The van der Waals surface area contributed by atoms with Gasteiger partial charge < -0.3 is 4.90 Å². The van der Waals surface area contributed by atoms with Gasteiger partial charge in [-0.1, -0.05) is 29.8 Å². The number of benzene rings is 2. The van der Waals surface area contributed by atoms with E-state index in [-0.39, 0.29) is 35.5 Å². The Labute approximate surface area is 166 Å². The summed E-state index contributed by atoms with van der Waals surface area (Å²) in [6.07, 6.45) is 0.208. The minimum absolute atomic E-state index is 0.00259. The molecule has 150 valence electrons. The Bertz CT molecular complexity index is 999. The maximum Gasteiger partial charge on any atom is 0.238 e. The van der Waals surface area contributed by atoms with Gasteiger partial charge in [0.05, 0.1) is 10.9 Å². The summed E-state index contributed by atoms with van der Waals surface area (Å²) in [4.78, 5) is 26.6. The number of Topliss-reactive ketones (excluding diaryl/α,β-unsaturated/α-hetero) is 1. The second-order valence-corrected chi connectivity index (χ2v) is 8.60. The number of carbonyl (C=O) groups is 2. The fourth-order valence-electron chi connectivity index (χ4n) is 2.96. The van der Waals surface area contributed by atoms with Gasteiger partial charge in [-0.05, 0) is 50.1 Å². The van der Waals surface area contributed by atoms with Crippen LogP contribution in [0.15, 0.2) is 47.4 Å². The maximum atomic E-state index is 12.6. The number of primary sulfonamides is 1. The lowest BCUT2D eigenvalue weighted by atomic mass is 9.99. The van der Waals surface area contributed by atoms with E-state index in [4.69, 9.17) is 5.14 Å². The molecule has 0 spiro atoms. The van der Waals surface area contributed by atoms with Crippen molar-refractivity contribution in [3.8, 4) is 0 Å². The van der Waals surface area contributed by atoms with Gasteiger partial charge in [0.1, 0.15) is 0 Å². The van der Waals surface area contributed by atoms with Crippen LogP contribution in [0.25, 0.3) is 0 Å². The molecule has 1 unspecified atom stereocenters. The summed E-state index contributed by atoms with van der Waals surface area (Å²) in [6.45, 7) is 5.60. The van der Waals surface area contributed by atoms with E-state index >= 15 is 0 Å². The van der Waals surface area contributed by atoms with Crippen molar-refractivity contribution in [3.05, 3.63) is 64.7 Å². The summed E-state index contributed by atoms with van der Waals surface area (Å²) in [5.41, 5.74) is 3.19. The van der Waals surface area contributed by atoms with Crippen LogP contribution in [0.5, 0.6) is 0 Å². The number of carbonyl (C=O) groups excluding carboxylic acids is 2. The average Bonchev–Trinajstić information content (AvgIpc) is 2.65. The second-order valence-electron chi connectivity index (χ2n) is 7.04. The first-order chi connectivity index (χ1) is 13.0. The molecule has 0 saturated heterocycles. The highest BCUT2D eigenvalue weighted by molar-refractivity contribution is 7.89. The Hall–Kier alpha value is -2.51. The molecule has 0 bridgehead atoms. The molecule has 1 atom stereocenters. The van der Waals surface area contributed by atoms with Gasteiger partial charge in [0, 0.05) is 25.5 Å². The molecular weight excluding hydrogens is 376 g/mol. The quantitative estimate of drug-likeness (QED) is 0.720. The fourth-order valence-corrected chi connectivity index (χ4v) is 3.53. The van der Waals surface area contributed by atoms with Gasteiger partial charge in [0.2, 0.25) is 15.9 Å². The van der Waals surface area contributed by atoms with Crippen LogP contribution in [0.2, 0.25) is 0 Å². The van der Waals surface area contributed by atoms with Crippen molar-refractivity contribution in [1.29, 1.82) is 0 Å². The summed E-state index contributed by atoms with van der Waals surface area (Å²) < 4.78 is 23.1. The standard InChI is InChI=1S/C21H26N2O4S/c1-14-8-9-15(2)19(12-14)20(24)10-11-21(25)23(4)16(3)17-6-5-7-18(13-17)28(22,26)27/h5-9,12-13,16H,10-11H2,1-4H3,(H2,22,26,27). The number of sulfonamides is 1. The number of ketones is 1. The van der Waals surface area contributed by atoms with Crippen LogP contribution in [0.3, 0.4) is 0 Å². The van der Waals surface area contributed by atoms with Crippen molar-refractivity contribution in [2.24, 2.45) is 5.14 Å². The molecule has 0 aromatic heterocycles. The molecular formula is C21H26N2O4S. The van der Waals surface area contributed by atoms with Gasteiger partial charge in [0.25, 0.3) is 0 Å². The molecule has 6 nitrogen and oxygen atoms in total. The lowest BCUT2D eigenvalue weighted by molar-refractivity contribution is -0.131. The van der Waals surface area contributed by atoms with Gasteiger partial charge in [0.15, 0.2) is 5.78 Å². The maximum absolute atomic E-state index is 12.6. The number of aryl methyl sites for hydroxylation is 2. The lowest BCUT2D eigenvalue weighted by Gasteiger charge is -2.25. The van der Waals surface area contributed by atoms with E-state index < -0.39 is 10.0 Å². The van der Waals surface area contributed by atoms with E-state index in [1.165, 1.54) is 17.0 Å². The fraction of sp³-hybridized carbons (Fsp3) is 0.333. The van der Waals surface area contributed by atoms with Crippen molar-refractivity contribution in [3.63, 3.8) is 0 Å². The molecule has 2 rings (SSSR count). The van der Waals surface area contributed by atoms with E-state index in [1.807, 2.05) is 32.0 Å². The van der Waals surface area contributed by atoms with E-state index in [9.17, 15) is 18.0 Å². The number of nitrogens with two attached hydrogens (primary N) is 1. The molecule has 2 aromatic rings. The Morgan fingerprint density at radius 2 is 1.75 bits per heavy atom. The zero-order valence-electron chi connectivity index (χ0n) is 16.6. The average molecular weight is 403 g/mol. The zero-order valence-corrected chi connectivity index (χ0v) is 17.4. The van der Waals surface area contributed by atoms with Crippen molar-refractivity contribution >= 4 is 21.7 Å². The summed E-state index contributed by atoms with van der Waals surface area (Å²) >= 11 is 0. The smallest absolute Gasteiger partial charge is 0.238 e. The third-order valence-corrected chi connectivity index (χ3v) is 5.81. The molecule has 28 heavy (non-hydrogen) atoms. The molecule has 7 heteroatoms. The van der Waals surface area contributed by atoms with E-state index in [2.05, 4.69) is 0 Å². The number of hydrogen-bond donors (Lipinski definition) is 1. The van der Waals surface area contributed by atoms with E-state index in [0.29, 0.717) is 11.1 Å². The van der Waals surface area contributed by atoms with Gasteiger partial charge >= 0.3 is 0 Å². The van der Waals surface area contributed by atoms with Crippen molar-refractivity contribution in [2.75, 3.05) is 7.05 Å². The third-order valence-electron chi connectivity index (χ3n) is 4.90. The van der Waals surface area contributed by atoms with Crippen LogP contribution in [0.4, 0.5) is 0 Å². The molecule has 1 amide bonds. The molecule has 0 aliphatic carbocycles. The SMILES string of the molecule is Cc1ccc(C)c(C(=O)CCC(=O)N(C)C(C)c2cccc(S(N)(=O)=O)c2)c1. The molecule has 0 aliphatic heterocycles. The summed E-state index contributed by atoms with van der Waals surface area (Å²) in [5.74, 6) is -0.251. The first kappa shape index (κ1) is 21.8. The topological polar surface area (TPSA) is 97.5 Å². The van der Waals surface area contributed by atoms with Gasteiger partial charge in [-0.15, -0.1) is 0 Å². The zero-order chi connectivity index (χ0) is 21.1. The number of nitrogens with zero attached hydrogens (tertiary/aromatic N) is 1. The Balaban J connectivity index is 2.06. The highest BCUT2D eigenvalue weighted by Gasteiger charge is 2.20. The van der Waals surface area contributed by atoms with Crippen LogP contribution in [-0.2, 0) is 14.8 Å². The highest BCUT2D eigenvalue weighted by Crippen LogP contribution is 2.22. The third kappa shape index (κ3) is 5.27. The van der Waals surface area contributed by atoms with Crippen molar-refractivity contribution < 1.29 is 18.0 Å². The normalized spacial score (nSPS) is 12.5. The summed E-state index contributed by atoms with van der Waals surface area (Å²) in [6, 6.07) is 11.5. The Morgan fingerprint density at radius 1 is 1.07 bits per heavy atom. The predicted molar refractivity (Wildman–Crippen MR) is 108 cm³/mol. The number of rotatable bonds is 7. The lowest BCUT2D eigenvalue weighted by Crippen LogP contribution is -2.30.